The molecule has 78 valence electrons. The second-order valence-corrected chi connectivity index (χ2v) is 4.80. The van der Waals surface area contributed by atoms with E-state index in [2.05, 4.69) is 10.2 Å². The Kier molecular flexibility index (Phi) is 3.42. The van der Waals surface area contributed by atoms with Crippen LogP contribution in [0.2, 0.25) is 0 Å². The van der Waals surface area contributed by atoms with E-state index in [1.165, 1.54) is 32.1 Å². The Balaban J connectivity index is 1.89. The summed E-state index contributed by atoms with van der Waals surface area (Å²) in [6.45, 7) is 0.332. The van der Waals surface area contributed by atoms with Crippen molar-refractivity contribution in [2.45, 2.75) is 49.1 Å². The molecule has 0 amide bonds. The quantitative estimate of drug-likeness (QED) is 0.831. The zero-order valence-corrected chi connectivity index (χ0v) is 8.92. The predicted molar refractivity (Wildman–Crippen MR) is 54.9 cm³/mol. The summed E-state index contributed by atoms with van der Waals surface area (Å²) in [4.78, 5) is 0. The number of aromatic nitrogens is 2. The Labute approximate surface area is 87.6 Å². The van der Waals surface area contributed by atoms with Gasteiger partial charge in [0.2, 0.25) is 5.89 Å². The van der Waals surface area contributed by atoms with Gasteiger partial charge in [-0.05, 0) is 12.8 Å². The molecule has 0 spiro atoms. The minimum atomic E-state index is 0.332. The van der Waals surface area contributed by atoms with Gasteiger partial charge in [0.25, 0.3) is 5.22 Å². The third kappa shape index (κ3) is 2.48. The van der Waals surface area contributed by atoms with Crippen LogP contribution in [0.5, 0.6) is 0 Å². The molecular formula is C9H15N3OS. The van der Waals surface area contributed by atoms with Crippen LogP contribution in [0.4, 0.5) is 0 Å². The normalized spacial score (nSPS) is 18.6. The third-order valence-electron chi connectivity index (χ3n) is 2.44. The van der Waals surface area contributed by atoms with E-state index in [1.54, 1.807) is 11.8 Å². The molecule has 1 aromatic heterocycles. The van der Waals surface area contributed by atoms with Crippen molar-refractivity contribution in [3.8, 4) is 0 Å². The van der Waals surface area contributed by atoms with Gasteiger partial charge in [0.15, 0.2) is 0 Å². The maximum absolute atomic E-state index is 5.39. The molecule has 0 radical (unpaired) electrons. The first-order valence-corrected chi connectivity index (χ1v) is 5.95. The summed E-state index contributed by atoms with van der Waals surface area (Å²) in [6, 6.07) is 0. The van der Waals surface area contributed by atoms with Crippen molar-refractivity contribution >= 4 is 11.8 Å². The van der Waals surface area contributed by atoms with Crippen LogP contribution in [0.1, 0.15) is 38.0 Å². The van der Waals surface area contributed by atoms with Crippen LogP contribution in [-0.4, -0.2) is 15.4 Å². The van der Waals surface area contributed by atoms with E-state index in [9.17, 15) is 0 Å². The minimum absolute atomic E-state index is 0.332. The summed E-state index contributed by atoms with van der Waals surface area (Å²) in [5.41, 5.74) is 5.39. The highest BCUT2D eigenvalue weighted by Gasteiger charge is 2.17. The maximum Gasteiger partial charge on any atom is 0.276 e. The monoisotopic (exact) mass is 213 g/mol. The number of nitrogens with zero attached hydrogens (tertiary/aromatic N) is 2. The predicted octanol–water partition coefficient (Wildman–Crippen LogP) is 1.95. The smallest absolute Gasteiger partial charge is 0.276 e. The lowest BCUT2D eigenvalue weighted by Gasteiger charge is -2.18. The minimum Gasteiger partial charge on any atom is -0.415 e. The molecule has 0 unspecified atom stereocenters. The number of hydrogen-bond acceptors (Lipinski definition) is 5. The summed E-state index contributed by atoms with van der Waals surface area (Å²) < 4.78 is 5.35. The van der Waals surface area contributed by atoms with Gasteiger partial charge in [-0.3, -0.25) is 0 Å². The van der Waals surface area contributed by atoms with Crippen LogP contribution in [0, 0.1) is 0 Å². The van der Waals surface area contributed by atoms with Crippen LogP contribution in [0.15, 0.2) is 9.64 Å². The zero-order chi connectivity index (χ0) is 9.80. The van der Waals surface area contributed by atoms with E-state index < -0.39 is 0 Å². The fraction of sp³-hybridized carbons (Fsp3) is 0.778. The molecule has 14 heavy (non-hydrogen) atoms. The van der Waals surface area contributed by atoms with Gasteiger partial charge in [0.05, 0.1) is 6.54 Å². The molecule has 1 aliphatic carbocycles. The lowest BCUT2D eigenvalue weighted by molar-refractivity contribution is 0.411. The molecule has 1 aromatic rings. The summed E-state index contributed by atoms with van der Waals surface area (Å²) in [5.74, 6) is 0.531. The fourth-order valence-corrected chi connectivity index (χ4v) is 2.78. The third-order valence-corrected chi connectivity index (χ3v) is 3.61. The Morgan fingerprint density at radius 3 is 2.71 bits per heavy atom. The van der Waals surface area contributed by atoms with Gasteiger partial charge >= 0.3 is 0 Å². The zero-order valence-electron chi connectivity index (χ0n) is 8.11. The molecular weight excluding hydrogens is 198 g/mol. The second kappa shape index (κ2) is 4.79. The molecule has 2 rings (SSSR count). The molecule has 1 saturated carbocycles. The summed E-state index contributed by atoms with van der Waals surface area (Å²) in [7, 11) is 0. The van der Waals surface area contributed by atoms with Gasteiger partial charge in [-0.1, -0.05) is 31.0 Å². The van der Waals surface area contributed by atoms with Crippen molar-refractivity contribution in [3.63, 3.8) is 0 Å². The van der Waals surface area contributed by atoms with Crippen molar-refractivity contribution < 1.29 is 4.42 Å². The molecule has 2 N–H and O–H groups in total. The average Bonchev–Trinajstić information content (AvgIpc) is 2.67. The highest BCUT2D eigenvalue weighted by Crippen LogP contribution is 2.32. The van der Waals surface area contributed by atoms with E-state index in [0.717, 1.165) is 0 Å². The van der Waals surface area contributed by atoms with Gasteiger partial charge < -0.3 is 10.2 Å². The Bertz CT molecular complexity index is 283. The Morgan fingerprint density at radius 2 is 2.07 bits per heavy atom. The first kappa shape index (κ1) is 9.98. The Hall–Kier alpha value is -0.550. The van der Waals surface area contributed by atoms with Crippen molar-refractivity contribution in [1.82, 2.24) is 10.2 Å². The second-order valence-electron chi connectivity index (χ2n) is 3.54. The van der Waals surface area contributed by atoms with Crippen LogP contribution < -0.4 is 5.73 Å². The fourth-order valence-electron chi connectivity index (χ4n) is 1.69. The SMILES string of the molecule is NCc1nnc(SC2CCCCC2)o1. The van der Waals surface area contributed by atoms with Gasteiger partial charge in [0.1, 0.15) is 0 Å². The van der Waals surface area contributed by atoms with Crippen LogP contribution in [0.25, 0.3) is 0 Å². The molecule has 0 aliphatic heterocycles. The number of hydrogen-bond donors (Lipinski definition) is 1. The van der Waals surface area contributed by atoms with E-state index in [4.69, 9.17) is 10.2 Å². The molecule has 5 heteroatoms. The molecule has 0 bridgehead atoms. The van der Waals surface area contributed by atoms with Gasteiger partial charge in [-0.15, -0.1) is 10.2 Å². The van der Waals surface area contributed by atoms with Crippen molar-refractivity contribution in [2.24, 2.45) is 5.73 Å². The molecule has 0 aromatic carbocycles. The van der Waals surface area contributed by atoms with Crippen molar-refractivity contribution in [2.75, 3.05) is 0 Å². The molecule has 0 saturated heterocycles. The number of thioether (sulfide) groups is 1. The largest absolute Gasteiger partial charge is 0.415 e. The van der Waals surface area contributed by atoms with E-state index >= 15 is 0 Å². The topological polar surface area (TPSA) is 64.9 Å². The molecule has 1 aliphatic rings. The molecule has 4 nitrogen and oxygen atoms in total. The maximum atomic E-state index is 5.39. The average molecular weight is 213 g/mol. The van der Waals surface area contributed by atoms with E-state index in [1.807, 2.05) is 0 Å². The number of nitrogens with two attached hydrogens (primary N) is 1. The highest BCUT2D eigenvalue weighted by atomic mass is 32.2. The van der Waals surface area contributed by atoms with E-state index in [0.29, 0.717) is 22.9 Å². The van der Waals surface area contributed by atoms with Gasteiger partial charge in [-0.2, -0.15) is 0 Å². The number of rotatable bonds is 3. The molecule has 1 heterocycles. The van der Waals surface area contributed by atoms with E-state index in [-0.39, 0.29) is 0 Å². The molecule has 1 fully saturated rings. The lowest BCUT2D eigenvalue weighted by atomic mass is 10.0. The highest BCUT2D eigenvalue weighted by molar-refractivity contribution is 7.99. The van der Waals surface area contributed by atoms with Crippen LogP contribution in [-0.2, 0) is 6.54 Å². The van der Waals surface area contributed by atoms with Gasteiger partial charge in [0, 0.05) is 5.25 Å². The first-order chi connectivity index (χ1) is 6.88. The lowest BCUT2D eigenvalue weighted by Crippen LogP contribution is -2.07. The summed E-state index contributed by atoms with van der Waals surface area (Å²) >= 11 is 1.70. The van der Waals surface area contributed by atoms with Crippen molar-refractivity contribution in [1.29, 1.82) is 0 Å². The van der Waals surface area contributed by atoms with Crippen LogP contribution >= 0.6 is 11.8 Å². The Morgan fingerprint density at radius 1 is 1.29 bits per heavy atom. The molecule has 0 atom stereocenters. The van der Waals surface area contributed by atoms with Crippen LogP contribution in [0.3, 0.4) is 0 Å². The first-order valence-electron chi connectivity index (χ1n) is 5.07. The van der Waals surface area contributed by atoms with Crippen molar-refractivity contribution in [3.05, 3.63) is 5.89 Å². The summed E-state index contributed by atoms with van der Waals surface area (Å²) in [5, 5.41) is 9.13. The summed E-state index contributed by atoms with van der Waals surface area (Å²) in [6.07, 6.45) is 6.57. The van der Waals surface area contributed by atoms with Gasteiger partial charge in [-0.25, -0.2) is 0 Å². The standard InChI is InChI=1S/C9H15N3OS/c10-6-8-11-12-9(13-8)14-7-4-2-1-3-5-7/h7H,1-6,10H2.